The number of nitrogens with zero attached hydrogens (tertiary/aromatic N) is 4. The topological polar surface area (TPSA) is 70.9 Å². The van der Waals surface area contributed by atoms with E-state index in [4.69, 9.17) is 17.3 Å². The molecule has 1 fully saturated rings. The summed E-state index contributed by atoms with van der Waals surface area (Å²) < 4.78 is 1.55. The van der Waals surface area contributed by atoms with Crippen LogP contribution in [0.5, 0.6) is 0 Å². The third-order valence-corrected chi connectivity index (χ3v) is 3.82. The van der Waals surface area contributed by atoms with Crippen molar-refractivity contribution in [3.05, 3.63) is 34.9 Å². The molecule has 1 aliphatic heterocycles. The summed E-state index contributed by atoms with van der Waals surface area (Å²) in [6, 6.07) is 9.48. The fraction of sp³-hybridized carbons (Fsp3) is 0.286. The number of para-hydroxylation sites is 1. The minimum absolute atomic E-state index is 0.336. The normalized spacial score (nSPS) is 14.5. The predicted octanol–water partition coefficient (Wildman–Crippen LogP) is 2.58. The van der Waals surface area contributed by atoms with E-state index >= 15 is 0 Å². The van der Waals surface area contributed by atoms with Gasteiger partial charge in [0.15, 0.2) is 5.82 Å². The highest BCUT2D eigenvalue weighted by atomic mass is 35.5. The smallest absolute Gasteiger partial charge is 0.171 e. The maximum Gasteiger partial charge on any atom is 0.171 e. The van der Waals surface area contributed by atoms with Gasteiger partial charge in [-0.05, 0) is 25.0 Å². The summed E-state index contributed by atoms with van der Waals surface area (Å²) in [7, 11) is 0. The molecule has 0 bridgehead atoms. The second-order valence-electron chi connectivity index (χ2n) is 4.75. The average molecular weight is 288 g/mol. The summed E-state index contributed by atoms with van der Waals surface area (Å²) in [5.74, 6) is 0.991. The van der Waals surface area contributed by atoms with E-state index < -0.39 is 0 Å². The van der Waals surface area contributed by atoms with Crippen LogP contribution in [0, 0.1) is 11.3 Å². The van der Waals surface area contributed by atoms with E-state index in [1.54, 1.807) is 10.7 Å². The molecule has 1 aromatic heterocycles. The largest absolute Gasteiger partial charge is 0.382 e. The van der Waals surface area contributed by atoms with Crippen molar-refractivity contribution in [3.63, 3.8) is 0 Å². The van der Waals surface area contributed by atoms with Crippen molar-refractivity contribution in [3.8, 4) is 11.8 Å². The van der Waals surface area contributed by atoms with Gasteiger partial charge < -0.3 is 10.6 Å². The number of anilines is 2. The summed E-state index contributed by atoms with van der Waals surface area (Å²) in [6.45, 7) is 1.82. The Morgan fingerprint density at radius 3 is 2.60 bits per heavy atom. The standard InChI is InChI=1S/C14H14ClN5/c15-11-5-1-2-6-12(11)20-13(17)10(9-16)14(18-20)19-7-3-4-8-19/h1-2,5-6H,3-4,7-8,17H2. The monoisotopic (exact) mass is 287 g/mol. The van der Waals surface area contributed by atoms with Crippen molar-refractivity contribution in [2.24, 2.45) is 0 Å². The molecule has 2 aromatic rings. The molecule has 6 heteroatoms. The van der Waals surface area contributed by atoms with Crippen molar-refractivity contribution in [1.29, 1.82) is 5.26 Å². The first-order valence-corrected chi connectivity index (χ1v) is 6.88. The van der Waals surface area contributed by atoms with Gasteiger partial charge in [-0.15, -0.1) is 5.10 Å². The Morgan fingerprint density at radius 1 is 1.25 bits per heavy atom. The van der Waals surface area contributed by atoms with Crippen LogP contribution < -0.4 is 10.6 Å². The zero-order valence-electron chi connectivity index (χ0n) is 10.9. The van der Waals surface area contributed by atoms with Gasteiger partial charge >= 0.3 is 0 Å². The van der Waals surface area contributed by atoms with Gasteiger partial charge in [0.25, 0.3) is 0 Å². The summed E-state index contributed by atoms with van der Waals surface area (Å²) in [6.07, 6.45) is 2.23. The van der Waals surface area contributed by atoms with Gasteiger partial charge in [0.2, 0.25) is 0 Å². The van der Waals surface area contributed by atoms with Crippen LogP contribution in [0.15, 0.2) is 24.3 Å². The Hall–Kier alpha value is -2.19. The number of halogens is 1. The number of benzene rings is 1. The molecular formula is C14H14ClN5. The molecule has 102 valence electrons. The number of aromatic nitrogens is 2. The second-order valence-corrected chi connectivity index (χ2v) is 5.16. The highest BCUT2D eigenvalue weighted by molar-refractivity contribution is 6.32. The zero-order chi connectivity index (χ0) is 14.1. The van der Waals surface area contributed by atoms with Gasteiger partial charge in [-0.25, -0.2) is 4.68 Å². The van der Waals surface area contributed by atoms with Gasteiger partial charge in [0, 0.05) is 13.1 Å². The van der Waals surface area contributed by atoms with Crippen LogP contribution in [0.3, 0.4) is 0 Å². The lowest BCUT2D eigenvalue weighted by Crippen LogP contribution is -2.19. The highest BCUT2D eigenvalue weighted by Gasteiger charge is 2.24. The van der Waals surface area contributed by atoms with Crippen molar-refractivity contribution >= 4 is 23.2 Å². The molecule has 0 amide bonds. The molecular weight excluding hydrogens is 274 g/mol. The third kappa shape index (κ3) is 1.98. The fourth-order valence-corrected chi connectivity index (χ4v) is 2.70. The molecule has 2 heterocycles. The van der Waals surface area contributed by atoms with Crippen LogP contribution in [0.25, 0.3) is 5.69 Å². The molecule has 20 heavy (non-hydrogen) atoms. The van der Waals surface area contributed by atoms with Crippen LogP contribution in [0.2, 0.25) is 5.02 Å². The fourth-order valence-electron chi connectivity index (χ4n) is 2.48. The van der Waals surface area contributed by atoms with Gasteiger partial charge in [-0.3, -0.25) is 0 Å². The number of nitrogens with two attached hydrogens (primary N) is 1. The van der Waals surface area contributed by atoms with E-state index in [0.29, 0.717) is 27.9 Å². The van der Waals surface area contributed by atoms with E-state index in [2.05, 4.69) is 16.1 Å². The lowest BCUT2D eigenvalue weighted by Gasteiger charge is -2.13. The first-order valence-electron chi connectivity index (χ1n) is 6.51. The molecule has 0 saturated carbocycles. The molecule has 3 rings (SSSR count). The number of nitriles is 1. The molecule has 1 aliphatic rings. The minimum atomic E-state index is 0.336. The summed E-state index contributed by atoms with van der Waals surface area (Å²) in [5, 5.41) is 14.4. The Kier molecular flexibility index (Phi) is 3.25. The Balaban J connectivity index is 2.14. The Bertz CT molecular complexity index is 679. The molecule has 1 saturated heterocycles. The highest BCUT2D eigenvalue weighted by Crippen LogP contribution is 2.31. The third-order valence-electron chi connectivity index (χ3n) is 3.50. The number of hydrogen-bond acceptors (Lipinski definition) is 4. The van der Waals surface area contributed by atoms with E-state index in [1.165, 1.54) is 0 Å². The van der Waals surface area contributed by atoms with Crippen LogP contribution in [-0.4, -0.2) is 22.9 Å². The molecule has 0 unspecified atom stereocenters. The molecule has 0 atom stereocenters. The molecule has 1 aromatic carbocycles. The zero-order valence-corrected chi connectivity index (χ0v) is 11.6. The van der Waals surface area contributed by atoms with Gasteiger partial charge in [-0.2, -0.15) is 5.26 Å². The summed E-state index contributed by atoms with van der Waals surface area (Å²) in [4.78, 5) is 2.10. The van der Waals surface area contributed by atoms with Gasteiger partial charge in [-0.1, -0.05) is 23.7 Å². The minimum Gasteiger partial charge on any atom is -0.382 e. The second kappa shape index (κ2) is 5.06. The van der Waals surface area contributed by atoms with Crippen LogP contribution in [0.4, 0.5) is 11.6 Å². The molecule has 0 spiro atoms. The SMILES string of the molecule is N#Cc1c(N2CCCC2)nn(-c2ccccc2Cl)c1N. The lowest BCUT2D eigenvalue weighted by atomic mass is 10.3. The van der Waals surface area contributed by atoms with Crippen LogP contribution >= 0.6 is 11.6 Å². The first-order chi connectivity index (χ1) is 9.72. The van der Waals surface area contributed by atoms with Crippen molar-refractivity contribution in [2.75, 3.05) is 23.7 Å². The lowest BCUT2D eigenvalue weighted by molar-refractivity contribution is 0.850. The predicted molar refractivity (Wildman–Crippen MR) is 79.1 cm³/mol. The van der Waals surface area contributed by atoms with Gasteiger partial charge in [0.1, 0.15) is 17.5 Å². The average Bonchev–Trinajstić information content (AvgIpc) is 3.07. The number of nitrogen functional groups attached to an aromatic ring is 1. The van der Waals surface area contributed by atoms with Crippen LogP contribution in [-0.2, 0) is 0 Å². The first kappa shape index (κ1) is 12.8. The Morgan fingerprint density at radius 2 is 1.95 bits per heavy atom. The van der Waals surface area contributed by atoms with E-state index in [9.17, 15) is 5.26 Å². The van der Waals surface area contributed by atoms with Crippen molar-refractivity contribution in [2.45, 2.75) is 12.8 Å². The number of rotatable bonds is 2. The quantitative estimate of drug-likeness (QED) is 0.921. The van der Waals surface area contributed by atoms with Gasteiger partial charge in [0.05, 0.1) is 10.7 Å². The van der Waals surface area contributed by atoms with Crippen molar-refractivity contribution in [1.82, 2.24) is 9.78 Å². The van der Waals surface area contributed by atoms with E-state index in [1.807, 2.05) is 18.2 Å². The van der Waals surface area contributed by atoms with E-state index in [-0.39, 0.29) is 0 Å². The van der Waals surface area contributed by atoms with E-state index in [0.717, 1.165) is 25.9 Å². The van der Waals surface area contributed by atoms with Crippen LogP contribution in [0.1, 0.15) is 18.4 Å². The summed E-state index contributed by atoms with van der Waals surface area (Å²) >= 11 is 6.18. The molecule has 0 aliphatic carbocycles. The molecule has 2 N–H and O–H groups in total. The maximum atomic E-state index is 9.35. The maximum absolute atomic E-state index is 9.35. The van der Waals surface area contributed by atoms with Crippen molar-refractivity contribution < 1.29 is 0 Å². The number of hydrogen-bond donors (Lipinski definition) is 1. The molecule has 5 nitrogen and oxygen atoms in total. The Labute approximate surface area is 122 Å². The molecule has 0 radical (unpaired) electrons. The summed E-state index contributed by atoms with van der Waals surface area (Å²) in [5.41, 5.74) is 7.19.